The molecular weight excluding hydrogens is 256 g/mol. The van der Waals surface area contributed by atoms with Crippen molar-refractivity contribution in [1.29, 1.82) is 0 Å². The minimum absolute atomic E-state index is 0.206. The summed E-state index contributed by atoms with van der Waals surface area (Å²) in [4.78, 5) is 25.6. The van der Waals surface area contributed by atoms with Crippen molar-refractivity contribution in [3.8, 4) is 0 Å². The Morgan fingerprint density at radius 3 is 2.90 bits per heavy atom. The number of amides is 1. The monoisotopic (exact) mass is 274 g/mol. The summed E-state index contributed by atoms with van der Waals surface area (Å²) in [6.45, 7) is -0.206. The van der Waals surface area contributed by atoms with Gasteiger partial charge in [-0.3, -0.25) is 9.59 Å². The molecule has 1 heterocycles. The fourth-order valence-electron chi connectivity index (χ4n) is 2.05. The highest BCUT2D eigenvalue weighted by atomic mass is 16.5. The van der Waals surface area contributed by atoms with Gasteiger partial charge in [0.2, 0.25) is 0 Å². The minimum atomic E-state index is -0.339. The van der Waals surface area contributed by atoms with Crippen LogP contribution in [0.3, 0.4) is 0 Å². The van der Waals surface area contributed by atoms with Crippen molar-refractivity contribution in [2.24, 2.45) is 0 Å². The molecule has 0 aliphatic carbocycles. The molecule has 0 unspecified atom stereocenters. The van der Waals surface area contributed by atoms with Crippen molar-refractivity contribution < 1.29 is 14.3 Å². The van der Waals surface area contributed by atoms with E-state index in [0.29, 0.717) is 12.8 Å². The molecule has 0 aliphatic heterocycles. The number of hydrogen-bond donors (Lipinski definition) is 2. The molecule has 0 bridgehead atoms. The van der Waals surface area contributed by atoms with E-state index in [-0.39, 0.29) is 18.5 Å². The molecule has 1 amide bonds. The molecule has 0 fully saturated rings. The molecule has 5 heteroatoms. The number of ether oxygens (including phenoxy) is 1. The number of para-hydroxylation sites is 1. The van der Waals surface area contributed by atoms with Crippen molar-refractivity contribution >= 4 is 22.8 Å². The van der Waals surface area contributed by atoms with Crippen molar-refractivity contribution in [2.75, 3.05) is 13.7 Å². The van der Waals surface area contributed by atoms with E-state index in [4.69, 9.17) is 4.74 Å². The van der Waals surface area contributed by atoms with Crippen molar-refractivity contribution in [2.45, 2.75) is 19.3 Å². The van der Waals surface area contributed by atoms with E-state index in [1.807, 2.05) is 24.4 Å². The first-order valence-electron chi connectivity index (χ1n) is 6.62. The Bertz CT molecular complexity index is 604. The summed E-state index contributed by atoms with van der Waals surface area (Å²) in [6, 6.07) is 8.07. The highest BCUT2D eigenvalue weighted by Gasteiger charge is 2.07. The van der Waals surface area contributed by atoms with Crippen LogP contribution in [0.25, 0.3) is 10.9 Å². The summed E-state index contributed by atoms with van der Waals surface area (Å²) < 4.78 is 4.84. The first-order valence-corrected chi connectivity index (χ1v) is 6.62. The third kappa shape index (κ3) is 3.60. The highest BCUT2D eigenvalue weighted by molar-refractivity contribution is 5.83. The van der Waals surface area contributed by atoms with Gasteiger partial charge >= 0.3 is 5.97 Å². The smallest absolute Gasteiger partial charge is 0.306 e. The Morgan fingerprint density at radius 2 is 2.10 bits per heavy atom. The Balaban J connectivity index is 1.78. The third-order valence-electron chi connectivity index (χ3n) is 3.15. The summed E-state index contributed by atoms with van der Waals surface area (Å²) in [5.74, 6) is -0.636. The van der Waals surface area contributed by atoms with Crippen LogP contribution < -0.4 is 5.32 Å². The standard InChI is InChI=1S/C15H18N2O3/c1-16-14(18)10-20-15(19)8-4-5-11-9-17-13-7-3-2-6-12(11)13/h2-3,6-7,9,17H,4-5,8,10H2,1H3,(H,16,18). The van der Waals surface area contributed by atoms with Gasteiger partial charge in [-0.25, -0.2) is 0 Å². The predicted molar refractivity (Wildman–Crippen MR) is 76.3 cm³/mol. The van der Waals surface area contributed by atoms with Crippen molar-refractivity contribution in [3.63, 3.8) is 0 Å². The van der Waals surface area contributed by atoms with Gasteiger partial charge in [0.1, 0.15) is 0 Å². The van der Waals surface area contributed by atoms with E-state index in [1.54, 1.807) is 0 Å². The molecule has 0 spiro atoms. The molecule has 0 aliphatic rings. The number of hydrogen-bond acceptors (Lipinski definition) is 3. The van der Waals surface area contributed by atoms with E-state index in [9.17, 15) is 9.59 Å². The van der Waals surface area contributed by atoms with Crippen LogP contribution in [0.4, 0.5) is 0 Å². The lowest BCUT2D eigenvalue weighted by molar-refractivity contribution is -0.148. The van der Waals surface area contributed by atoms with Crippen LogP contribution >= 0.6 is 0 Å². The SMILES string of the molecule is CNC(=O)COC(=O)CCCc1c[nH]c2ccccc12. The zero-order valence-corrected chi connectivity index (χ0v) is 11.4. The van der Waals surface area contributed by atoms with Crippen LogP contribution in [0, 0.1) is 0 Å². The quantitative estimate of drug-likeness (QED) is 0.789. The lowest BCUT2D eigenvalue weighted by Crippen LogP contribution is -2.25. The number of H-pyrrole nitrogens is 1. The van der Waals surface area contributed by atoms with Gasteiger partial charge in [-0.15, -0.1) is 0 Å². The molecule has 0 atom stereocenters. The molecule has 0 saturated carbocycles. The normalized spacial score (nSPS) is 10.4. The Morgan fingerprint density at radius 1 is 1.30 bits per heavy atom. The average Bonchev–Trinajstić information content (AvgIpc) is 2.88. The molecule has 1 aromatic carbocycles. The molecule has 5 nitrogen and oxygen atoms in total. The van der Waals surface area contributed by atoms with Gasteiger partial charge in [-0.2, -0.15) is 0 Å². The Kier molecular flexibility index (Phi) is 4.76. The maximum Gasteiger partial charge on any atom is 0.306 e. The minimum Gasteiger partial charge on any atom is -0.456 e. The van der Waals surface area contributed by atoms with Crippen LogP contribution in [-0.4, -0.2) is 30.5 Å². The number of likely N-dealkylation sites (N-methyl/N-ethyl adjacent to an activating group) is 1. The number of aromatic amines is 1. The first kappa shape index (κ1) is 14.1. The highest BCUT2D eigenvalue weighted by Crippen LogP contribution is 2.19. The number of rotatable bonds is 6. The van der Waals surface area contributed by atoms with Gasteiger partial charge < -0.3 is 15.0 Å². The molecule has 1 aromatic heterocycles. The summed E-state index contributed by atoms with van der Waals surface area (Å²) >= 11 is 0. The maximum atomic E-state index is 11.4. The van der Waals surface area contributed by atoms with Crippen LogP contribution in [0.15, 0.2) is 30.5 Å². The predicted octanol–water partition coefficient (Wildman–Crippen LogP) is 1.78. The first-order chi connectivity index (χ1) is 9.70. The zero-order valence-electron chi connectivity index (χ0n) is 11.4. The molecule has 0 saturated heterocycles. The summed E-state index contributed by atoms with van der Waals surface area (Å²) in [6.07, 6.45) is 3.80. The largest absolute Gasteiger partial charge is 0.456 e. The van der Waals surface area contributed by atoms with Gasteiger partial charge in [0.15, 0.2) is 6.61 Å². The van der Waals surface area contributed by atoms with E-state index in [0.717, 1.165) is 11.9 Å². The van der Waals surface area contributed by atoms with Gasteiger partial charge in [0.05, 0.1) is 0 Å². The fourth-order valence-corrected chi connectivity index (χ4v) is 2.05. The molecule has 2 N–H and O–H groups in total. The molecule has 0 radical (unpaired) electrons. The topological polar surface area (TPSA) is 71.2 Å². The third-order valence-corrected chi connectivity index (χ3v) is 3.15. The van der Waals surface area contributed by atoms with Gasteiger partial charge in [-0.05, 0) is 24.5 Å². The Hall–Kier alpha value is -2.30. The Labute approximate surface area is 117 Å². The van der Waals surface area contributed by atoms with Crippen LogP contribution in [0.1, 0.15) is 18.4 Å². The van der Waals surface area contributed by atoms with E-state index < -0.39 is 0 Å². The molecule has 2 rings (SSSR count). The van der Waals surface area contributed by atoms with E-state index >= 15 is 0 Å². The van der Waals surface area contributed by atoms with Crippen LogP contribution in [0.5, 0.6) is 0 Å². The zero-order chi connectivity index (χ0) is 14.4. The number of fused-ring (bicyclic) bond motifs is 1. The van der Waals surface area contributed by atoms with E-state index in [1.165, 1.54) is 18.0 Å². The lowest BCUT2D eigenvalue weighted by Gasteiger charge is -2.03. The number of benzene rings is 1. The number of carbonyl (C=O) groups is 2. The van der Waals surface area contributed by atoms with Gasteiger partial charge in [-0.1, -0.05) is 18.2 Å². The second kappa shape index (κ2) is 6.75. The number of carbonyl (C=O) groups excluding carboxylic acids is 2. The number of aryl methyl sites for hydroxylation is 1. The maximum absolute atomic E-state index is 11.4. The number of nitrogens with one attached hydrogen (secondary N) is 2. The van der Waals surface area contributed by atoms with Gasteiger partial charge in [0.25, 0.3) is 5.91 Å². The summed E-state index contributed by atoms with van der Waals surface area (Å²) in [5, 5.41) is 3.58. The molecule has 2 aromatic rings. The lowest BCUT2D eigenvalue weighted by atomic mass is 10.1. The second-order valence-corrected chi connectivity index (χ2v) is 4.55. The van der Waals surface area contributed by atoms with Crippen LogP contribution in [-0.2, 0) is 20.7 Å². The summed E-state index contributed by atoms with van der Waals surface area (Å²) in [5.41, 5.74) is 2.30. The van der Waals surface area contributed by atoms with Crippen molar-refractivity contribution in [3.05, 3.63) is 36.0 Å². The summed E-state index contributed by atoms with van der Waals surface area (Å²) in [7, 11) is 1.51. The van der Waals surface area contributed by atoms with Crippen LogP contribution in [0.2, 0.25) is 0 Å². The molecular formula is C15H18N2O3. The molecule has 20 heavy (non-hydrogen) atoms. The van der Waals surface area contributed by atoms with Gasteiger partial charge in [0, 0.05) is 30.6 Å². The number of aromatic nitrogens is 1. The second-order valence-electron chi connectivity index (χ2n) is 4.55. The molecule has 106 valence electrons. The van der Waals surface area contributed by atoms with E-state index in [2.05, 4.69) is 16.4 Å². The average molecular weight is 274 g/mol. The fraction of sp³-hybridized carbons (Fsp3) is 0.333. The number of esters is 1. The van der Waals surface area contributed by atoms with Crippen molar-refractivity contribution in [1.82, 2.24) is 10.3 Å².